The highest BCUT2D eigenvalue weighted by atomic mass is 32.2. The van der Waals surface area contributed by atoms with Gasteiger partial charge >= 0.3 is 0 Å². The first-order chi connectivity index (χ1) is 12.1. The molecule has 9 heteroatoms. The van der Waals surface area contributed by atoms with E-state index in [0.29, 0.717) is 12.1 Å². The summed E-state index contributed by atoms with van der Waals surface area (Å²) in [7, 11) is -3.62. The number of hydrogen-bond acceptors (Lipinski definition) is 5. The number of amides is 1. The van der Waals surface area contributed by atoms with Crippen molar-refractivity contribution in [3.8, 4) is 0 Å². The Bertz CT molecular complexity index is 1000. The van der Waals surface area contributed by atoms with Gasteiger partial charge in [0.15, 0.2) is 4.96 Å². The van der Waals surface area contributed by atoms with Crippen LogP contribution in [0.2, 0.25) is 0 Å². The molecule has 0 spiro atoms. The molecule has 0 saturated carbocycles. The smallest absolute Gasteiger partial charge is 0.251 e. The number of nitrogens with zero attached hydrogens (tertiary/aromatic N) is 2. The molecular formula is C17H20N4O3S2. The molecule has 0 radical (unpaired) electrons. The minimum atomic E-state index is -3.62. The number of carbonyl (C=O) groups is 1. The maximum atomic E-state index is 12.3. The Morgan fingerprint density at radius 1 is 1.23 bits per heavy atom. The van der Waals surface area contributed by atoms with Crippen LogP contribution < -0.4 is 10.0 Å². The number of aromatic nitrogens is 2. The van der Waals surface area contributed by atoms with Gasteiger partial charge in [0.2, 0.25) is 10.0 Å². The highest BCUT2D eigenvalue weighted by Crippen LogP contribution is 2.14. The number of hydrogen-bond donors (Lipinski definition) is 2. The average Bonchev–Trinajstić information content (AvgIpc) is 3.11. The van der Waals surface area contributed by atoms with Crippen LogP contribution in [0.25, 0.3) is 4.96 Å². The van der Waals surface area contributed by atoms with E-state index in [2.05, 4.69) is 15.0 Å². The first kappa shape index (κ1) is 18.6. The van der Waals surface area contributed by atoms with E-state index in [0.717, 1.165) is 10.7 Å². The third-order valence-corrected chi connectivity index (χ3v) is 5.99. The van der Waals surface area contributed by atoms with Crippen LogP contribution in [0.3, 0.4) is 0 Å². The van der Waals surface area contributed by atoms with Gasteiger partial charge < -0.3 is 5.32 Å². The van der Waals surface area contributed by atoms with E-state index < -0.39 is 15.6 Å². The minimum Gasteiger partial charge on any atom is -0.346 e. The van der Waals surface area contributed by atoms with Gasteiger partial charge in [-0.2, -0.15) is 0 Å². The summed E-state index contributed by atoms with van der Waals surface area (Å²) in [5, 5.41) is 4.73. The van der Waals surface area contributed by atoms with Crippen molar-refractivity contribution in [2.75, 3.05) is 0 Å². The summed E-state index contributed by atoms with van der Waals surface area (Å²) in [6, 6.07) is 5.85. The van der Waals surface area contributed by atoms with Gasteiger partial charge in [0, 0.05) is 28.9 Å². The summed E-state index contributed by atoms with van der Waals surface area (Å²) in [5.74, 6) is -0.283. The van der Waals surface area contributed by atoms with Crippen LogP contribution in [0, 0.1) is 0 Å². The molecule has 0 fully saturated rings. The molecule has 2 heterocycles. The molecule has 3 aromatic rings. The number of thiazole rings is 1. The molecule has 0 unspecified atom stereocenters. The van der Waals surface area contributed by atoms with Crippen LogP contribution in [0.4, 0.5) is 0 Å². The van der Waals surface area contributed by atoms with Gasteiger partial charge in [0.1, 0.15) is 0 Å². The van der Waals surface area contributed by atoms with Crippen LogP contribution >= 0.6 is 11.3 Å². The molecular weight excluding hydrogens is 372 g/mol. The van der Waals surface area contributed by atoms with Crippen molar-refractivity contribution in [1.82, 2.24) is 19.4 Å². The quantitative estimate of drug-likeness (QED) is 0.697. The van der Waals surface area contributed by atoms with E-state index in [1.807, 2.05) is 22.2 Å². The van der Waals surface area contributed by atoms with Gasteiger partial charge in [-0.05, 0) is 45.0 Å². The first-order valence-electron chi connectivity index (χ1n) is 7.97. The number of imidazole rings is 1. The Kier molecular flexibility index (Phi) is 4.87. The fourth-order valence-corrected chi connectivity index (χ4v) is 4.52. The van der Waals surface area contributed by atoms with Gasteiger partial charge in [-0.15, -0.1) is 11.3 Å². The Balaban J connectivity index is 1.65. The van der Waals surface area contributed by atoms with E-state index in [1.54, 1.807) is 20.8 Å². The Morgan fingerprint density at radius 2 is 1.92 bits per heavy atom. The number of rotatable bonds is 5. The molecule has 1 aromatic carbocycles. The van der Waals surface area contributed by atoms with Crippen molar-refractivity contribution < 1.29 is 13.2 Å². The molecule has 7 nitrogen and oxygen atoms in total. The fourth-order valence-electron chi connectivity index (χ4n) is 2.38. The molecule has 0 atom stereocenters. The predicted molar refractivity (Wildman–Crippen MR) is 101 cm³/mol. The van der Waals surface area contributed by atoms with Crippen molar-refractivity contribution in [2.24, 2.45) is 0 Å². The zero-order chi connectivity index (χ0) is 18.9. The van der Waals surface area contributed by atoms with E-state index in [-0.39, 0.29) is 10.8 Å². The third-order valence-electron chi connectivity index (χ3n) is 3.44. The van der Waals surface area contributed by atoms with Gasteiger partial charge in [-0.25, -0.2) is 18.1 Å². The van der Waals surface area contributed by atoms with Crippen LogP contribution in [0.15, 0.2) is 46.9 Å². The Labute approximate surface area is 156 Å². The molecule has 1 amide bonds. The summed E-state index contributed by atoms with van der Waals surface area (Å²) in [5.41, 5.74) is 0.576. The lowest BCUT2D eigenvalue weighted by molar-refractivity contribution is 0.0950. The largest absolute Gasteiger partial charge is 0.346 e. The van der Waals surface area contributed by atoms with Crippen molar-refractivity contribution in [3.63, 3.8) is 0 Å². The summed E-state index contributed by atoms with van der Waals surface area (Å²) in [6.07, 6.45) is 3.77. The van der Waals surface area contributed by atoms with E-state index in [1.165, 1.54) is 35.6 Å². The summed E-state index contributed by atoms with van der Waals surface area (Å²) in [4.78, 5) is 17.6. The summed E-state index contributed by atoms with van der Waals surface area (Å²) < 4.78 is 29.0. The molecule has 138 valence electrons. The van der Waals surface area contributed by atoms with Crippen LogP contribution in [0.5, 0.6) is 0 Å². The van der Waals surface area contributed by atoms with Crippen molar-refractivity contribution in [3.05, 3.63) is 53.3 Å². The lowest BCUT2D eigenvalue weighted by atomic mass is 10.1. The molecule has 2 N–H and O–H groups in total. The second kappa shape index (κ2) is 6.82. The number of benzene rings is 1. The normalized spacial score (nSPS) is 12.4. The molecule has 2 aromatic heterocycles. The summed E-state index contributed by atoms with van der Waals surface area (Å²) >= 11 is 1.52. The van der Waals surface area contributed by atoms with Crippen molar-refractivity contribution >= 4 is 32.2 Å². The zero-order valence-corrected chi connectivity index (χ0v) is 16.3. The average molecular weight is 393 g/mol. The van der Waals surface area contributed by atoms with Gasteiger partial charge in [0.05, 0.1) is 17.1 Å². The van der Waals surface area contributed by atoms with E-state index >= 15 is 0 Å². The molecule has 26 heavy (non-hydrogen) atoms. The molecule has 0 aliphatic carbocycles. The van der Waals surface area contributed by atoms with Gasteiger partial charge in [-0.3, -0.25) is 9.20 Å². The number of nitrogens with one attached hydrogen (secondary N) is 2. The zero-order valence-electron chi connectivity index (χ0n) is 14.7. The maximum absolute atomic E-state index is 12.3. The molecule has 0 saturated heterocycles. The number of carbonyl (C=O) groups excluding carboxylic acids is 1. The first-order valence-corrected chi connectivity index (χ1v) is 10.3. The van der Waals surface area contributed by atoms with Crippen LogP contribution in [-0.2, 0) is 16.6 Å². The SMILES string of the molecule is CC(C)(C)NS(=O)(=O)c1ccc(C(=O)NCc2cn3ccsc3n2)cc1. The van der Waals surface area contributed by atoms with Crippen molar-refractivity contribution in [1.29, 1.82) is 0 Å². The van der Waals surface area contributed by atoms with E-state index in [4.69, 9.17) is 0 Å². The number of fused-ring (bicyclic) bond motifs is 1. The van der Waals surface area contributed by atoms with Crippen molar-refractivity contribution in [2.45, 2.75) is 37.8 Å². The minimum absolute atomic E-state index is 0.123. The lowest BCUT2D eigenvalue weighted by Crippen LogP contribution is -2.40. The second-order valence-corrected chi connectivity index (χ2v) is 9.44. The monoisotopic (exact) mass is 392 g/mol. The highest BCUT2D eigenvalue weighted by molar-refractivity contribution is 7.89. The van der Waals surface area contributed by atoms with Crippen LogP contribution in [0.1, 0.15) is 36.8 Å². The Morgan fingerprint density at radius 3 is 2.54 bits per heavy atom. The topological polar surface area (TPSA) is 92.6 Å². The molecule has 0 aliphatic rings. The van der Waals surface area contributed by atoms with Gasteiger partial charge in [-0.1, -0.05) is 0 Å². The standard InChI is InChI=1S/C17H20N4O3S2/c1-17(2,3)20-26(23,24)14-6-4-12(5-7-14)15(22)18-10-13-11-21-8-9-25-16(21)19-13/h4-9,11,20H,10H2,1-3H3,(H,18,22). The molecule has 0 bridgehead atoms. The molecule has 0 aliphatic heterocycles. The number of sulfonamides is 1. The van der Waals surface area contributed by atoms with E-state index in [9.17, 15) is 13.2 Å². The molecule has 3 rings (SSSR count). The summed E-state index contributed by atoms with van der Waals surface area (Å²) in [6.45, 7) is 5.62. The predicted octanol–water partition coefficient (Wildman–Crippen LogP) is 2.40. The lowest BCUT2D eigenvalue weighted by Gasteiger charge is -2.20. The van der Waals surface area contributed by atoms with Crippen LogP contribution in [-0.4, -0.2) is 29.2 Å². The highest BCUT2D eigenvalue weighted by Gasteiger charge is 2.22. The second-order valence-electron chi connectivity index (χ2n) is 6.89. The fraction of sp³-hybridized carbons (Fsp3) is 0.294. The Hall–Kier alpha value is -2.23. The maximum Gasteiger partial charge on any atom is 0.251 e. The third kappa shape index (κ3) is 4.29. The van der Waals surface area contributed by atoms with Gasteiger partial charge in [0.25, 0.3) is 5.91 Å².